The molecule has 8 aliphatic heterocycles. The molecule has 56 atom stereocenters. The van der Waals surface area contributed by atoms with E-state index < -0.39 is 0 Å². The van der Waals surface area contributed by atoms with E-state index >= 15 is 0 Å². The molecule has 32 aliphatic rings. The second-order valence-electron chi connectivity index (χ2n) is 51.8. The summed E-state index contributed by atoms with van der Waals surface area (Å²) in [5.41, 5.74) is 0.987. The highest BCUT2D eigenvalue weighted by Crippen LogP contribution is 2.74. The van der Waals surface area contributed by atoms with Crippen molar-refractivity contribution in [2.75, 3.05) is 64.4 Å². The van der Waals surface area contributed by atoms with Crippen molar-refractivity contribution in [3.8, 4) is 0 Å². The summed E-state index contributed by atoms with van der Waals surface area (Å²) in [6.45, 7) is 35.2. The second kappa shape index (κ2) is 42.2. The molecule has 0 radical (unpaired) electrons. The standard InChI is InChI=1S/C17H24O3.C16H22O3S.C16H22O3.C15H20O4.C15H20O3S.C15H20O3.C14H18O3.C13H16O3/c1-9(2)17(18)19-5-3-4-10-6-11-7-12(10)13-8-14-16(20-14)15(11)13;1-8(2)16(17)18-3-4-20-13-6-9-5-10(13)11-7-12-15(19-12)14(9)11;1-2-14(17)18-5-3-4-9-6-10-7-11(9)12-8-13-16(19-13)15(10)12;1-2-13(16)18-4-3-17-11-6-8-5-9(11)10-7-12-15(19-12)14(8)10;1-2-13(16)17-3-4-19-12-6-8-5-9(12)10-7-11-15(18-11)14(8)10;1-2-13(16)17-4-3-8-5-9-6-10(8)11-7-12-15(18-12)14(9)11;1-2-12(15)16-6-8-3-7-4-9(8)10-5-11-14(17-11)13(7)10;1-2-11(14)15-9-4-6-3-7(9)8-5-10-13(16-10)12(6)8/h10-16H,1,3-8H2,2H3;9-15H,1,3-7H2,2H3;2,9-13,15-16H,1,3-8H2;2*2,8-12,14-15H,1,3-7H2;2,8-12,14-15H,1,3-7H2;2,7-11,13-14H,1,3-6H2;2,6-10,12-13H,1,3-5H2. The maximum absolute atomic E-state index is 11.3. The topological polar surface area (TPSA) is 320 Å². The number of epoxide rings is 8. The number of thioether (sulfide) groups is 2. The Morgan fingerprint density at radius 2 is 0.527 bits per heavy atom. The van der Waals surface area contributed by atoms with Crippen LogP contribution in [0.5, 0.6) is 0 Å². The van der Waals surface area contributed by atoms with Gasteiger partial charge in [0, 0.05) is 69.6 Å². The van der Waals surface area contributed by atoms with Crippen molar-refractivity contribution >= 4 is 71.3 Å². The highest BCUT2D eigenvalue weighted by atomic mass is 32.2. The predicted molar refractivity (Wildman–Crippen MR) is 548 cm³/mol. The molecule has 27 heteroatoms. The third-order valence-electron chi connectivity index (χ3n) is 45.3. The molecule has 0 aromatic heterocycles. The fourth-order valence-corrected chi connectivity index (χ4v) is 43.0. The molecule has 8 heterocycles. The molecule has 32 rings (SSSR count). The van der Waals surface area contributed by atoms with Gasteiger partial charge < -0.3 is 80.5 Å². The minimum Gasteiger partial charge on any atom is -0.463 e. The molecule has 24 saturated carbocycles. The average Bonchev–Trinajstić information content (AvgIpc) is 1.59. The van der Waals surface area contributed by atoms with Crippen LogP contribution in [0.3, 0.4) is 0 Å². The third-order valence-corrected chi connectivity index (χ3v) is 48.0. The fraction of sp³-hybridized carbons (Fsp3) is 0.802. The molecule has 32 fully saturated rings. The Morgan fingerprint density at radius 3 is 0.905 bits per heavy atom. The summed E-state index contributed by atoms with van der Waals surface area (Å²) in [7, 11) is 0. The summed E-state index contributed by atoms with van der Waals surface area (Å²) < 4.78 is 92.8. The van der Waals surface area contributed by atoms with Gasteiger partial charge in [-0.05, 0) is 413 Å². The van der Waals surface area contributed by atoms with Crippen molar-refractivity contribution in [1.82, 2.24) is 0 Å². The lowest BCUT2D eigenvalue weighted by Gasteiger charge is -2.32. The number of carbonyl (C=O) groups excluding carboxylic acids is 8. The molecule has 56 unspecified atom stereocenters. The molecule has 16 bridgehead atoms. The van der Waals surface area contributed by atoms with Crippen LogP contribution in [0.2, 0.25) is 0 Å². The molecule has 808 valence electrons. The SMILES string of the molecule is C=C(C)C(=O)OCCCC1CC2CC1C1CC3OC3C21.C=C(C)C(=O)OCCSC1CC2CC1C1CC3OC3C21.C=CC(=O)OC1CC2CC1C1CC3OC3C21.C=CC(=O)OCC1CC2CC1C1CC3OC3C21.C=CC(=O)OCCC1CC2CC1C1CC3OC3C21.C=CC(=O)OCCCC1CC2CC1C1CC3OC3C21.C=CC(=O)OCCOC1CC2CC1C1CC3OC3C21.C=CC(=O)OCCSC1CC2CC1C1CC3OC3C21. The van der Waals surface area contributed by atoms with Crippen LogP contribution in [0.1, 0.15) is 200 Å². The van der Waals surface area contributed by atoms with Gasteiger partial charge in [0.1, 0.15) is 25.9 Å². The number of hydrogen-bond acceptors (Lipinski definition) is 27. The monoisotopic (exact) mass is 2080 g/mol. The lowest BCUT2D eigenvalue weighted by molar-refractivity contribution is -0.147. The number of fused-ring (bicyclic) bond motifs is 56. The summed E-state index contributed by atoms with van der Waals surface area (Å²) in [6, 6.07) is 0. The van der Waals surface area contributed by atoms with Crippen molar-refractivity contribution < 1.29 is 119 Å². The number of carbonyl (C=O) groups is 8. The first-order valence-electron chi connectivity index (χ1n) is 58.5. The van der Waals surface area contributed by atoms with E-state index in [4.69, 9.17) is 80.5 Å². The van der Waals surface area contributed by atoms with Gasteiger partial charge in [0.25, 0.3) is 0 Å². The zero-order chi connectivity index (χ0) is 101. The predicted octanol–water partition coefficient (Wildman–Crippen LogP) is 17.4. The highest BCUT2D eigenvalue weighted by Gasteiger charge is 2.74. The van der Waals surface area contributed by atoms with Gasteiger partial charge in [-0.1, -0.05) is 52.6 Å². The Balaban J connectivity index is 0.0000000879. The molecule has 0 spiro atoms. The van der Waals surface area contributed by atoms with Gasteiger partial charge in [0.05, 0.1) is 137 Å². The van der Waals surface area contributed by atoms with Crippen LogP contribution in [-0.2, 0) is 119 Å². The first-order valence-corrected chi connectivity index (χ1v) is 60.6. The van der Waals surface area contributed by atoms with E-state index in [9.17, 15) is 38.4 Å². The summed E-state index contributed by atoms with van der Waals surface area (Å²) >= 11 is 4.03. The zero-order valence-electron chi connectivity index (χ0n) is 87.1. The molecule has 0 aromatic carbocycles. The van der Waals surface area contributed by atoms with Gasteiger partial charge in [-0.25, -0.2) is 38.4 Å². The molecule has 0 amide bonds. The van der Waals surface area contributed by atoms with Crippen LogP contribution in [0.25, 0.3) is 0 Å². The molecular formula is C121H162O25S2. The van der Waals surface area contributed by atoms with Crippen LogP contribution in [0, 0.1) is 213 Å². The first-order chi connectivity index (χ1) is 71.9. The summed E-state index contributed by atoms with van der Waals surface area (Å²) in [5.74, 6) is 30.6. The van der Waals surface area contributed by atoms with Crippen molar-refractivity contribution in [2.24, 2.45) is 213 Å². The van der Waals surface area contributed by atoms with Crippen LogP contribution >= 0.6 is 23.5 Å². The fourth-order valence-electron chi connectivity index (χ4n) is 40.1. The Bertz CT molecular complexity index is 4810. The molecule has 8 saturated heterocycles. The average molecular weight is 2080 g/mol. The second-order valence-corrected chi connectivity index (χ2v) is 54.5. The molecule has 0 N–H and O–H groups in total. The van der Waals surface area contributed by atoms with Gasteiger partial charge >= 0.3 is 47.8 Å². The first kappa shape index (κ1) is 102. The lowest BCUT2D eigenvalue weighted by Crippen LogP contribution is -2.34. The van der Waals surface area contributed by atoms with E-state index in [-0.39, 0.29) is 53.9 Å². The Hall–Kier alpha value is -5.98. The van der Waals surface area contributed by atoms with E-state index in [0.29, 0.717) is 180 Å². The maximum Gasteiger partial charge on any atom is 0.333 e. The number of rotatable bonds is 34. The summed E-state index contributed by atoms with van der Waals surface area (Å²) in [6.07, 6.45) is 55.0. The minimum atomic E-state index is -0.371. The van der Waals surface area contributed by atoms with Crippen molar-refractivity contribution in [1.29, 1.82) is 0 Å². The van der Waals surface area contributed by atoms with Gasteiger partial charge in [-0.15, -0.1) is 0 Å². The van der Waals surface area contributed by atoms with Gasteiger partial charge in [-0.2, -0.15) is 23.5 Å². The van der Waals surface area contributed by atoms with E-state index in [0.717, 1.165) is 249 Å². The van der Waals surface area contributed by atoms with Crippen molar-refractivity contribution in [3.63, 3.8) is 0 Å². The number of hydrogen-bond donors (Lipinski definition) is 0. The zero-order valence-corrected chi connectivity index (χ0v) is 88.7. The molecule has 0 aromatic rings. The lowest BCUT2D eigenvalue weighted by atomic mass is 9.74. The van der Waals surface area contributed by atoms with Gasteiger partial charge in [0.15, 0.2) is 0 Å². The van der Waals surface area contributed by atoms with E-state index in [1.165, 1.54) is 197 Å². The van der Waals surface area contributed by atoms with Crippen LogP contribution < -0.4 is 0 Å². The Morgan fingerprint density at radius 1 is 0.257 bits per heavy atom. The highest BCUT2D eigenvalue weighted by molar-refractivity contribution is 8.00. The quantitative estimate of drug-likeness (QED) is 0.0190. The number of ether oxygens (including phenoxy) is 17. The van der Waals surface area contributed by atoms with Gasteiger partial charge in [-0.3, -0.25) is 0 Å². The maximum atomic E-state index is 11.3. The van der Waals surface area contributed by atoms with Crippen LogP contribution in [0.15, 0.2) is 100 Å². The minimum absolute atomic E-state index is 0.161. The summed E-state index contributed by atoms with van der Waals surface area (Å²) in [4.78, 5) is 88.9. The normalized spacial score (nSPS) is 49.7. The van der Waals surface area contributed by atoms with Crippen molar-refractivity contribution in [2.45, 2.75) is 320 Å². The van der Waals surface area contributed by atoms with E-state index in [1.54, 1.807) is 13.8 Å². The van der Waals surface area contributed by atoms with E-state index in [1.807, 2.05) is 23.5 Å². The Kier molecular flexibility index (Phi) is 29.2. The van der Waals surface area contributed by atoms with Gasteiger partial charge in [0.2, 0.25) is 0 Å². The van der Waals surface area contributed by atoms with Crippen LogP contribution in [0.4, 0.5) is 0 Å². The summed E-state index contributed by atoms with van der Waals surface area (Å²) in [5, 5.41) is 1.59. The smallest absolute Gasteiger partial charge is 0.333 e. The third kappa shape index (κ3) is 20.0. The molecule has 24 aliphatic carbocycles. The molecular weight excluding hydrogens is 1920 g/mol. The Labute approximate surface area is 882 Å². The molecule has 25 nitrogen and oxygen atoms in total. The number of esters is 8. The largest absolute Gasteiger partial charge is 0.463 e. The van der Waals surface area contributed by atoms with Crippen LogP contribution in [-0.4, -0.2) is 232 Å². The van der Waals surface area contributed by atoms with E-state index in [2.05, 4.69) is 52.6 Å². The van der Waals surface area contributed by atoms with Crippen molar-refractivity contribution in [3.05, 3.63) is 100 Å². The molecule has 148 heavy (non-hydrogen) atoms.